The van der Waals surface area contributed by atoms with Crippen LogP contribution in [0, 0.1) is 0 Å². The molecule has 2 aromatic carbocycles. The van der Waals surface area contributed by atoms with Crippen LogP contribution in [-0.4, -0.2) is 34.7 Å². The number of methoxy groups -OCH3 is 1. The third-order valence-electron chi connectivity index (χ3n) is 4.31. The van der Waals surface area contributed by atoms with Crippen molar-refractivity contribution in [1.82, 2.24) is 20.5 Å². The SMILES string of the molecule is COc1ccccc1-c1nnc(C(=O)NCCc2c[nH]c3ccccc23)o1. The van der Waals surface area contributed by atoms with E-state index in [1.807, 2.05) is 36.5 Å². The molecule has 0 radical (unpaired) electrons. The van der Waals surface area contributed by atoms with Crippen molar-refractivity contribution < 1.29 is 13.9 Å². The van der Waals surface area contributed by atoms with Crippen molar-refractivity contribution in [2.24, 2.45) is 0 Å². The summed E-state index contributed by atoms with van der Waals surface area (Å²) in [6.07, 6.45) is 2.66. The van der Waals surface area contributed by atoms with Crippen LogP contribution in [0.4, 0.5) is 0 Å². The first-order valence-corrected chi connectivity index (χ1v) is 8.56. The molecule has 2 N–H and O–H groups in total. The average Bonchev–Trinajstić information content (AvgIpc) is 3.36. The Morgan fingerprint density at radius 3 is 2.85 bits per heavy atom. The first-order chi connectivity index (χ1) is 13.3. The summed E-state index contributed by atoms with van der Waals surface area (Å²) in [5.41, 5.74) is 2.87. The van der Waals surface area contributed by atoms with Crippen molar-refractivity contribution in [3.05, 3.63) is 66.2 Å². The van der Waals surface area contributed by atoms with E-state index in [2.05, 4.69) is 26.6 Å². The molecular weight excluding hydrogens is 344 g/mol. The quantitative estimate of drug-likeness (QED) is 0.549. The molecule has 0 bridgehead atoms. The molecule has 136 valence electrons. The number of rotatable bonds is 6. The van der Waals surface area contributed by atoms with Gasteiger partial charge in [-0.15, -0.1) is 10.2 Å². The summed E-state index contributed by atoms with van der Waals surface area (Å²) in [5, 5.41) is 11.8. The summed E-state index contributed by atoms with van der Waals surface area (Å²) >= 11 is 0. The van der Waals surface area contributed by atoms with Crippen LogP contribution in [0.25, 0.3) is 22.4 Å². The number of carbonyl (C=O) groups is 1. The number of hydrogen-bond acceptors (Lipinski definition) is 5. The number of ether oxygens (including phenoxy) is 1. The fourth-order valence-corrected chi connectivity index (χ4v) is 2.97. The van der Waals surface area contributed by atoms with Crippen molar-refractivity contribution in [2.75, 3.05) is 13.7 Å². The number of benzene rings is 2. The van der Waals surface area contributed by atoms with E-state index in [4.69, 9.17) is 9.15 Å². The first kappa shape index (κ1) is 16.8. The molecule has 1 amide bonds. The number of carbonyl (C=O) groups excluding carboxylic acids is 1. The fourth-order valence-electron chi connectivity index (χ4n) is 2.97. The maximum absolute atomic E-state index is 12.3. The lowest BCUT2D eigenvalue weighted by atomic mass is 10.1. The molecular formula is C20H18N4O3. The van der Waals surface area contributed by atoms with Gasteiger partial charge in [0.1, 0.15) is 5.75 Å². The molecule has 4 rings (SSSR count). The van der Waals surface area contributed by atoms with Crippen LogP contribution in [0.2, 0.25) is 0 Å². The molecule has 0 aliphatic rings. The Hall–Kier alpha value is -3.61. The maximum Gasteiger partial charge on any atom is 0.308 e. The molecule has 7 heteroatoms. The van der Waals surface area contributed by atoms with Crippen LogP contribution < -0.4 is 10.1 Å². The van der Waals surface area contributed by atoms with Gasteiger partial charge in [0.15, 0.2) is 0 Å². The molecule has 0 atom stereocenters. The smallest absolute Gasteiger partial charge is 0.308 e. The van der Waals surface area contributed by atoms with Crippen molar-refractivity contribution in [2.45, 2.75) is 6.42 Å². The summed E-state index contributed by atoms with van der Waals surface area (Å²) in [6.45, 7) is 0.465. The van der Waals surface area contributed by atoms with Crippen LogP contribution in [0.5, 0.6) is 5.75 Å². The zero-order chi connectivity index (χ0) is 18.6. The number of para-hydroxylation sites is 2. The number of H-pyrrole nitrogens is 1. The van der Waals surface area contributed by atoms with Crippen LogP contribution in [-0.2, 0) is 6.42 Å². The number of amides is 1. The standard InChI is InChI=1S/C20H18N4O3/c1-26-17-9-5-3-7-15(17)19-23-24-20(27-19)18(25)21-11-10-13-12-22-16-8-4-2-6-14(13)16/h2-9,12,22H,10-11H2,1H3,(H,21,25). The fraction of sp³-hybridized carbons (Fsp3) is 0.150. The third-order valence-corrected chi connectivity index (χ3v) is 4.31. The summed E-state index contributed by atoms with van der Waals surface area (Å²) < 4.78 is 10.8. The van der Waals surface area contributed by atoms with Gasteiger partial charge in [-0.3, -0.25) is 4.79 Å². The second-order valence-electron chi connectivity index (χ2n) is 5.98. The van der Waals surface area contributed by atoms with Gasteiger partial charge < -0.3 is 19.5 Å². The van der Waals surface area contributed by atoms with E-state index in [-0.39, 0.29) is 11.8 Å². The van der Waals surface area contributed by atoms with Gasteiger partial charge in [-0.2, -0.15) is 0 Å². The Morgan fingerprint density at radius 2 is 1.96 bits per heavy atom. The normalized spacial score (nSPS) is 10.9. The molecule has 0 saturated heterocycles. The molecule has 2 heterocycles. The number of hydrogen-bond donors (Lipinski definition) is 2. The summed E-state index contributed by atoms with van der Waals surface area (Å²) in [5.74, 6) is 0.375. The average molecular weight is 362 g/mol. The van der Waals surface area contributed by atoms with E-state index in [1.54, 1.807) is 19.2 Å². The summed E-state index contributed by atoms with van der Waals surface area (Å²) in [4.78, 5) is 15.5. The van der Waals surface area contributed by atoms with Crippen molar-refractivity contribution in [3.8, 4) is 17.2 Å². The van der Waals surface area contributed by atoms with Crippen LogP contribution >= 0.6 is 0 Å². The van der Waals surface area contributed by atoms with Crippen LogP contribution in [0.1, 0.15) is 16.2 Å². The summed E-state index contributed by atoms with van der Waals surface area (Å²) in [7, 11) is 1.56. The van der Waals surface area contributed by atoms with Crippen molar-refractivity contribution >= 4 is 16.8 Å². The molecule has 0 spiro atoms. The lowest BCUT2D eigenvalue weighted by Gasteiger charge is -2.03. The van der Waals surface area contributed by atoms with Gasteiger partial charge in [-0.25, -0.2) is 0 Å². The largest absolute Gasteiger partial charge is 0.496 e. The molecule has 4 aromatic rings. The summed E-state index contributed by atoms with van der Waals surface area (Å²) in [6, 6.07) is 15.3. The number of nitrogens with one attached hydrogen (secondary N) is 2. The zero-order valence-electron chi connectivity index (χ0n) is 14.7. The molecule has 0 fully saturated rings. The Morgan fingerprint density at radius 1 is 1.15 bits per heavy atom. The lowest BCUT2D eigenvalue weighted by Crippen LogP contribution is -2.25. The minimum Gasteiger partial charge on any atom is -0.496 e. The van der Waals surface area contributed by atoms with Crippen molar-refractivity contribution in [1.29, 1.82) is 0 Å². The van der Waals surface area contributed by atoms with Gasteiger partial charge in [0, 0.05) is 23.6 Å². The minimum absolute atomic E-state index is 0.0742. The Kier molecular flexibility index (Phi) is 4.57. The molecule has 27 heavy (non-hydrogen) atoms. The van der Waals surface area contributed by atoms with Gasteiger partial charge in [-0.05, 0) is 30.2 Å². The Balaban J connectivity index is 1.41. The van der Waals surface area contributed by atoms with Gasteiger partial charge in [0.2, 0.25) is 0 Å². The lowest BCUT2D eigenvalue weighted by molar-refractivity contribution is 0.0920. The van der Waals surface area contributed by atoms with E-state index in [9.17, 15) is 4.79 Å². The van der Waals surface area contributed by atoms with E-state index in [0.717, 1.165) is 16.5 Å². The predicted molar refractivity (Wildman–Crippen MR) is 101 cm³/mol. The van der Waals surface area contributed by atoms with Crippen molar-refractivity contribution in [3.63, 3.8) is 0 Å². The van der Waals surface area contributed by atoms with Gasteiger partial charge in [-0.1, -0.05) is 30.3 Å². The van der Waals surface area contributed by atoms with Gasteiger partial charge >= 0.3 is 11.8 Å². The highest BCUT2D eigenvalue weighted by Gasteiger charge is 2.17. The highest BCUT2D eigenvalue weighted by atomic mass is 16.5. The second-order valence-corrected chi connectivity index (χ2v) is 5.98. The second kappa shape index (κ2) is 7.33. The molecule has 2 aromatic heterocycles. The van der Waals surface area contributed by atoms with E-state index < -0.39 is 5.91 Å². The van der Waals surface area contributed by atoms with Crippen LogP contribution in [0.15, 0.2) is 59.1 Å². The van der Waals surface area contributed by atoms with E-state index in [1.165, 1.54) is 0 Å². The highest BCUT2D eigenvalue weighted by molar-refractivity contribution is 5.90. The van der Waals surface area contributed by atoms with E-state index in [0.29, 0.717) is 24.3 Å². The van der Waals surface area contributed by atoms with Crippen LogP contribution in [0.3, 0.4) is 0 Å². The maximum atomic E-state index is 12.3. The van der Waals surface area contributed by atoms with E-state index >= 15 is 0 Å². The topological polar surface area (TPSA) is 93.0 Å². The van der Waals surface area contributed by atoms with Gasteiger partial charge in [0.05, 0.1) is 12.7 Å². The number of aromatic nitrogens is 3. The molecule has 0 saturated carbocycles. The van der Waals surface area contributed by atoms with Gasteiger partial charge in [0.25, 0.3) is 5.89 Å². The molecule has 0 aliphatic carbocycles. The number of nitrogens with zero attached hydrogens (tertiary/aromatic N) is 2. The third kappa shape index (κ3) is 3.39. The monoisotopic (exact) mass is 362 g/mol. The number of aromatic amines is 1. The minimum atomic E-state index is -0.400. The number of fused-ring (bicyclic) bond motifs is 1. The first-order valence-electron chi connectivity index (χ1n) is 8.56. The Labute approximate surface area is 155 Å². The highest BCUT2D eigenvalue weighted by Crippen LogP contribution is 2.28. The zero-order valence-corrected chi connectivity index (χ0v) is 14.7. The molecule has 0 unspecified atom stereocenters. The molecule has 7 nitrogen and oxygen atoms in total. The predicted octanol–water partition coefficient (Wildman–Crippen LogP) is 3.20. The molecule has 0 aliphatic heterocycles. The Bertz CT molecular complexity index is 1080.